The zero-order chi connectivity index (χ0) is 17.4. The van der Waals surface area contributed by atoms with Gasteiger partial charge in [0.1, 0.15) is 5.82 Å². The summed E-state index contributed by atoms with van der Waals surface area (Å²) in [6, 6.07) is 22.2. The van der Waals surface area contributed by atoms with Crippen molar-refractivity contribution in [2.45, 2.75) is 5.92 Å². The number of ketones is 1. The van der Waals surface area contributed by atoms with Gasteiger partial charge in [0.15, 0.2) is 5.78 Å². The van der Waals surface area contributed by atoms with Crippen molar-refractivity contribution >= 4 is 27.8 Å². The number of rotatable bonds is 2. The van der Waals surface area contributed by atoms with Crippen LogP contribution in [-0.4, -0.2) is 5.78 Å². The Kier molecular flexibility index (Phi) is 4.10. The van der Waals surface area contributed by atoms with Crippen molar-refractivity contribution < 1.29 is 9.18 Å². The lowest BCUT2D eigenvalue weighted by molar-refractivity contribution is 0.103. The first-order valence-corrected chi connectivity index (χ1v) is 8.79. The van der Waals surface area contributed by atoms with E-state index in [1.54, 1.807) is 6.07 Å². The highest BCUT2D eigenvalue weighted by Gasteiger charge is 2.35. The molecule has 1 aliphatic rings. The molecule has 0 N–H and O–H groups in total. The molecule has 3 aromatic rings. The second-order valence-electron chi connectivity index (χ2n) is 6.03. The van der Waals surface area contributed by atoms with E-state index in [4.69, 9.17) is 0 Å². The fourth-order valence-electron chi connectivity index (χ4n) is 3.35. The van der Waals surface area contributed by atoms with Crippen LogP contribution in [0.1, 0.15) is 33.0 Å². The lowest BCUT2D eigenvalue weighted by atomic mass is 9.89. The van der Waals surface area contributed by atoms with Gasteiger partial charge in [-0.15, -0.1) is 0 Å². The fourth-order valence-corrected chi connectivity index (χ4v) is 3.81. The van der Waals surface area contributed by atoms with Crippen LogP contribution >= 0.6 is 15.9 Å². The molecule has 1 atom stereocenters. The second-order valence-corrected chi connectivity index (χ2v) is 6.88. The van der Waals surface area contributed by atoms with E-state index in [1.807, 2.05) is 60.7 Å². The maximum absolute atomic E-state index is 13.4. The summed E-state index contributed by atoms with van der Waals surface area (Å²) in [7, 11) is 0. The number of hydrogen-bond acceptors (Lipinski definition) is 1. The van der Waals surface area contributed by atoms with Crippen molar-refractivity contribution in [3.8, 4) is 0 Å². The van der Waals surface area contributed by atoms with Gasteiger partial charge in [0, 0.05) is 21.5 Å². The van der Waals surface area contributed by atoms with Crippen LogP contribution in [0.15, 0.2) is 82.8 Å². The molecule has 4 rings (SSSR count). The van der Waals surface area contributed by atoms with Crippen molar-refractivity contribution in [1.29, 1.82) is 0 Å². The van der Waals surface area contributed by atoms with E-state index in [2.05, 4.69) is 15.9 Å². The Bertz CT molecular complexity index is 992. The molecule has 0 unspecified atom stereocenters. The molecule has 3 heteroatoms. The van der Waals surface area contributed by atoms with Crippen LogP contribution < -0.4 is 0 Å². The van der Waals surface area contributed by atoms with Gasteiger partial charge in [-0.05, 0) is 34.9 Å². The third kappa shape index (κ3) is 2.85. The van der Waals surface area contributed by atoms with Gasteiger partial charge in [0.2, 0.25) is 0 Å². The number of halogens is 2. The lowest BCUT2D eigenvalue weighted by Gasteiger charge is -2.14. The van der Waals surface area contributed by atoms with Gasteiger partial charge in [0.25, 0.3) is 0 Å². The molecule has 25 heavy (non-hydrogen) atoms. The molecule has 0 saturated heterocycles. The normalized spacial score (nSPS) is 17.8. The molecule has 3 aromatic carbocycles. The van der Waals surface area contributed by atoms with Crippen LogP contribution in [-0.2, 0) is 0 Å². The first-order chi connectivity index (χ1) is 12.1. The van der Waals surface area contributed by atoms with Crippen LogP contribution in [0.5, 0.6) is 0 Å². The molecular formula is C22H14BrFO. The molecule has 1 nitrogen and oxygen atoms in total. The molecule has 0 aromatic heterocycles. The molecule has 0 fully saturated rings. The third-order valence-corrected chi connectivity index (χ3v) is 5.18. The lowest BCUT2D eigenvalue weighted by Crippen LogP contribution is -2.02. The van der Waals surface area contributed by atoms with Gasteiger partial charge in [-0.3, -0.25) is 4.79 Å². The summed E-state index contributed by atoms with van der Waals surface area (Å²) >= 11 is 3.39. The maximum Gasteiger partial charge on any atom is 0.190 e. The molecule has 0 spiro atoms. The van der Waals surface area contributed by atoms with Crippen molar-refractivity contribution in [3.05, 3.63) is 111 Å². The van der Waals surface area contributed by atoms with E-state index in [9.17, 15) is 9.18 Å². The number of hydrogen-bond donors (Lipinski definition) is 0. The molecule has 0 radical (unpaired) electrons. The van der Waals surface area contributed by atoms with Crippen LogP contribution in [0.2, 0.25) is 0 Å². The number of Topliss-reactive ketones (excluding diaryl/α,β-unsaturated/α-hetero) is 1. The quantitative estimate of drug-likeness (QED) is 0.488. The highest BCUT2D eigenvalue weighted by atomic mass is 79.9. The van der Waals surface area contributed by atoms with Crippen LogP contribution in [0.4, 0.5) is 4.39 Å². The number of carbonyl (C=O) groups is 1. The minimum Gasteiger partial charge on any atom is -0.289 e. The van der Waals surface area contributed by atoms with E-state index >= 15 is 0 Å². The van der Waals surface area contributed by atoms with Crippen molar-refractivity contribution in [2.24, 2.45) is 0 Å². The summed E-state index contributed by atoms with van der Waals surface area (Å²) in [5.41, 5.74) is 4.33. The third-order valence-electron chi connectivity index (χ3n) is 4.50. The molecule has 122 valence electrons. The highest BCUT2D eigenvalue weighted by molar-refractivity contribution is 9.10. The molecule has 1 aliphatic carbocycles. The number of carbonyl (C=O) groups excluding carboxylic acids is 1. The van der Waals surface area contributed by atoms with Gasteiger partial charge in [-0.25, -0.2) is 4.39 Å². The molecule has 0 aliphatic heterocycles. The van der Waals surface area contributed by atoms with Gasteiger partial charge < -0.3 is 0 Å². The topological polar surface area (TPSA) is 17.1 Å². The molecule has 0 saturated carbocycles. The average Bonchev–Trinajstić information content (AvgIpc) is 2.91. The predicted octanol–water partition coefficient (Wildman–Crippen LogP) is 6.00. The van der Waals surface area contributed by atoms with E-state index in [1.165, 1.54) is 12.1 Å². The minimum absolute atomic E-state index is 0.0284. The van der Waals surface area contributed by atoms with Crippen molar-refractivity contribution in [1.82, 2.24) is 0 Å². The Morgan fingerprint density at radius 2 is 1.64 bits per heavy atom. The number of benzene rings is 3. The van der Waals surface area contributed by atoms with E-state index in [0.717, 1.165) is 22.3 Å². The summed E-state index contributed by atoms with van der Waals surface area (Å²) in [6.07, 6.45) is 1.86. The maximum atomic E-state index is 13.4. The Hall–Kier alpha value is -2.52. The zero-order valence-electron chi connectivity index (χ0n) is 13.2. The Labute approximate surface area is 154 Å². The summed E-state index contributed by atoms with van der Waals surface area (Å²) in [5.74, 6) is -0.391. The number of allylic oxidation sites excluding steroid dienone is 1. The monoisotopic (exact) mass is 392 g/mol. The van der Waals surface area contributed by atoms with Gasteiger partial charge in [-0.2, -0.15) is 0 Å². The molecule has 0 amide bonds. The Balaban J connectivity index is 1.91. The summed E-state index contributed by atoms with van der Waals surface area (Å²) in [6.45, 7) is 0. The van der Waals surface area contributed by atoms with E-state index in [-0.39, 0.29) is 17.5 Å². The van der Waals surface area contributed by atoms with E-state index in [0.29, 0.717) is 10.0 Å². The smallest absolute Gasteiger partial charge is 0.190 e. The summed E-state index contributed by atoms with van der Waals surface area (Å²) in [4.78, 5) is 13.0. The predicted molar refractivity (Wildman–Crippen MR) is 101 cm³/mol. The Morgan fingerprint density at radius 3 is 2.40 bits per heavy atom. The van der Waals surface area contributed by atoms with Crippen molar-refractivity contribution in [2.75, 3.05) is 0 Å². The summed E-state index contributed by atoms with van der Waals surface area (Å²) in [5, 5.41) is 0. The Morgan fingerprint density at radius 1 is 0.920 bits per heavy atom. The second kappa shape index (κ2) is 6.41. The van der Waals surface area contributed by atoms with Crippen molar-refractivity contribution in [3.63, 3.8) is 0 Å². The van der Waals surface area contributed by atoms with E-state index < -0.39 is 0 Å². The van der Waals surface area contributed by atoms with Crippen LogP contribution in [0.3, 0.4) is 0 Å². The zero-order valence-corrected chi connectivity index (χ0v) is 14.8. The van der Waals surface area contributed by atoms with Crippen LogP contribution in [0.25, 0.3) is 6.08 Å². The van der Waals surface area contributed by atoms with Gasteiger partial charge >= 0.3 is 0 Å². The molecule has 0 bridgehead atoms. The standard InChI is InChI=1S/C22H14BrFO/c23-20-13-16(24)11-10-15(20)12-19-21(14-6-2-1-3-7-14)17-8-4-5-9-18(17)22(19)25/h1-13,21H/b19-12+/t21-/m1/s1. The highest BCUT2D eigenvalue weighted by Crippen LogP contribution is 2.43. The summed E-state index contributed by atoms with van der Waals surface area (Å²) < 4.78 is 14.0. The number of fused-ring (bicyclic) bond motifs is 1. The SMILES string of the molecule is O=C1/C(=C/c2ccc(F)cc2Br)[C@H](c2ccccc2)c2ccccc21. The van der Waals surface area contributed by atoms with Crippen LogP contribution in [0, 0.1) is 5.82 Å². The van der Waals surface area contributed by atoms with Gasteiger partial charge in [0.05, 0.1) is 0 Å². The first-order valence-electron chi connectivity index (χ1n) is 8.00. The van der Waals surface area contributed by atoms with Gasteiger partial charge in [-0.1, -0.05) is 76.6 Å². The fraction of sp³-hybridized carbons (Fsp3) is 0.0455. The molecular weight excluding hydrogens is 379 g/mol. The molecule has 0 heterocycles. The first kappa shape index (κ1) is 16.0. The largest absolute Gasteiger partial charge is 0.289 e. The average molecular weight is 393 g/mol. The minimum atomic E-state index is -0.310.